The van der Waals surface area contributed by atoms with Gasteiger partial charge in [0.15, 0.2) is 0 Å². The summed E-state index contributed by atoms with van der Waals surface area (Å²) in [7, 11) is 0. The molecule has 1 unspecified atom stereocenters. The van der Waals surface area contributed by atoms with Gasteiger partial charge in [-0.2, -0.15) is 5.10 Å². The molecule has 0 aliphatic rings. The summed E-state index contributed by atoms with van der Waals surface area (Å²) in [6.07, 6.45) is 0.686. The lowest BCUT2D eigenvalue weighted by Gasteiger charge is -2.32. The van der Waals surface area contributed by atoms with Gasteiger partial charge in [-0.25, -0.2) is 4.68 Å². The van der Waals surface area contributed by atoms with Crippen molar-refractivity contribution in [2.75, 3.05) is 17.7 Å². The number of aliphatic hydroxyl groups is 1. The van der Waals surface area contributed by atoms with Crippen molar-refractivity contribution in [3.8, 4) is 0 Å². The summed E-state index contributed by atoms with van der Waals surface area (Å²) in [6, 6.07) is 0.390. The number of nitrogens with two attached hydrogens (primary N) is 1. The van der Waals surface area contributed by atoms with Crippen molar-refractivity contribution in [1.29, 1.82) is 0 Å². The van der Waals surface area contributed by atoms with Gasteiger partial charge in [0.1, 0.15) is 5.82 Å². The molecule has 1 atom stereocenters. The summed E-state index contributed by atoms with van der Waals surface area (Å²) in [5, 5.41) is 17.2. The molecule has 0 bridgehead atoms. The molecule has 1 aromatic rings. The molecule has 0 aliphatic heterocycles. The Kier molecular flexibility index (Phi) is 4.85. The lowest BCUT2D eigenvalue weighted by atomic mass is 9.85. The summed E-state index contributed by atoms with van der Waals surface area (Å²) >= 11 is 0. The minimum absolute atomic E-state index is 0.0369. The van der Waals surface area contributed by atoms with Gasteiger partial charge in [-0.3, -0.25) is 0 Å². The van der Waals surface area contributed by atoms with Crippen molar-refractivity contribution in [2.45, 2.75) is 60.0 Å². The number of aliphatic hydroxyl groups excluding tert-OH is 1. The lowest BCUT2D eigenvalue weighted by molar-refractivity contribution is 0.234. The van der Waals surface area contributed by atoms with E-state index in [1.54, 1.807) is 0 Å². The van der Waals surface area contributed by atoms with E-state index in [2.05, 4.69) is 45.0 Å². The first kappa shape index (κ1) is 15.8. The highest BCUT2D eigenvalue weighted by Gasteiger charge is 2.27. The van der Waals surface area contributed by atoms with E-state index < -0.39 is 0 Å². The zero-order valence-electron chi connectivity index (χ0n) is 13.0. The molecule has 0 saturated carbocycles. The second-order valence-electron chi connectivity index (χ2n) is 6.46. The SMILES string of the molecule is Cc1nn(C(C)C)c(NC(CCO)C(C)(C)C)c1N. The Balaban J connectivity index is 3.08. The number of nitrogens with one attached hydrogen (secondary N) is 1. The largest absolute Gasteiger partial charge is 0.396 e. The van der Waals surface area contributed by atoms with Crippen molar-refractivity contribution >= 4 is 11.5 Å². The Morgan fingerprint density at radius 2 is 1.95 bits per heavy atom. The molecule has 0 aromatic carbocycles. The average Bonchev–Trinajstić information content (AvgIpc) is 2.55. The Bertz CT molecular complexity index is 418. The van der Waals surface area contributed by atoms with E-state index in [1.165, 1.54) is 0 Å². The first-order chi connectivity index (χ1) is 8.68. The third-order valence-electron chi connectivity index (χ3n) is 3.39. The molecule has 4 N–H and O–H groups in total. The van der Waals surface area contributed by atoms with Crippen molar-refractivity contribution in [1.82, 2.24) is 9.78 Å². The molecule has 19 heavy (non-hydrogen) atoms. The maximum Gasteiger partial charge on any atom is 0.148 e. The number of nitrogens with zero attached hydrogens (tertiary/aromatic N) is 2. The molecular weight excluding hydrogens is 240 g/mol. The quantitative estimate of drug-likeness (QED) is 0.767. The normalized spacial score (nSPS) is 13.9. The van der Waals surface area contributed by atoms with Gasteiger partial charge in [0.25, 0.3) is 0 Å². The van der Waals surface area contributed by atoms with Gasteiger partial charge in [0, 0.05) is 18.7 Å². The van der Waals surface area contributed by atoms with Crippen LogP contribution >= 0.6 is 0 Å². The summed E-state index contributed by atoms with van der Waals surface area (Å²) in [5.74, 6) is 0.862. The van der Waals surface area contributed by atoms with Crippen LogP contribution in [0.1, 0.15) is 52.8 Å². The van der Waals surface area contributed by atoms with Crippen LogP contribution in [0.5, 0.6) is 0 Å². The van der Waals surface area contributed by atoms with E-state index in [0.29, 0.717) is 12.1 Å². The van der Waals surface area contributed by atoms with E-state index in [4.69, 9.17) is 5.73 Å². The maximum absolute atomic E-state index is 9.24. The molecule has 1 rings (SSSR count). The third-order valence-corrected chi connectivity index (χ3v) is 3.39. The third kappa shape index (κ3) is 3.62. The lowest BCUT2D eigenvalue weighted by Crippen LogP contribution is -2.36. The topological polar surface area (TPSA) is 76.1 Å². The maximum atomic E-state index is 9.24. The van der Waals surface area contributed by atoms with E-state index >= 15 is 0 Å². The van der Waals surface area contributed by atoms with Crippen LogP contribution < -0.4 is 11.1 Å². The minimum Gasteiger partial charge on any atom is -0.396 e. The highest BCUT2D eigenvalue weighted by molar-refractivity contribution is 5.65. The number of hydrogen-bond donors (Lipinski definition) is 3. The number of nitrogen functional groups attached to an aromatic ring is 1. The van der Waals surface area contributed by atoms with Crippen LogP contribution in [0.25, 0.3) is 0 Å². The summed E-state index contributed by atoms with van der Waals surface area (Å²) < 4.78 is 1.92. The van der Waals surface area contributed by atoms with Crippen LogP contribution in [-0.4, -0.2) is 27.5 Å². The predicted octanol–water partition coefficient (Wildman–Crippen LogP) is 2.56. The summed E-state index contributed by atoms with van der Waals surface area (Å²) in [4.78, 5) is 0. The minimum atomic E-state index is 0.0369. The molecule has 5 nitrogen and oxygen atoms in total. The second-order valence-corrected chi connectivity index (χ2v) is 6.46. The van der Waals surface area contributed by atoms with Crippen LogP contribution in [0.15, 0.2) is 0 Å². The van der Waals surface area contributed by atoms with Gasteiger partial charge in [-0.05, 0) is 32.6 Å². The number of aromatic nitrogens is 2. The molecule has 1 heterocycles. The number of rotatable bonds is 5. The van der Waals surface area contributed by atoms with Gasteiger partial charge in [-0.15, -0.1) is 0 Å². The second kappa shape index (κ2) is 5.82. The van der Waals surface area contributed by atoms with E-state index in [-0.39, 0.29) is 24.1 Å². The standard InChI is InChI=1S/C14H28N4O/c1-9(2)18-13(12(15)10(3)17-18)16-11(7-8-19)14(4,5)6/h9,11,16,19H,7-8,15H2,1-6H3. The molecule has 0 aliphatic carbocycles. The number of hydrogen-bond acceptors (Lipinski definition) is 4. The average molecular weight is 268 g/mol. The fourth-order valence-corrected chi connectivity index (χ4v) is 2.09. The van der Waals surface area contributed by atoms with Gasteiger partial charge in [-0.1, -0.05) is 20.8 Å². The molecule has 0 spiro atoms. The Morgan fingerprint density at radius 3 is 2.37 bits per heavy atom. The van der Waals surface area contributed by atoms with Crippen molar-refractivity contribution in [2.24, 2.45) is 5.41 Å². The molecule has 110 valence electrons. The van der Waals surface area contributed by atoms with Crippen LogP contribution in [-0.2, 0) is 0 Å². The molecule has 0 radical (unpaired) electrons. The van der Waals surface area contributed by atoms with Gasteiger partial charge in [0.05, 0.1) is 11.4 Å². The molecule has 0 amide bonds. The van der Waals surface area contributed by atoms with Crippen molar-refractivity contribution in [3.05, 3.63) is 5.69 Å². The number of anilines is 2. The monoisotopic (exact) mass is 268 g/mol. The Labute approximate surface area is 116 Å². The number of aryl methyl sites for hydroxylation is 1. The first-order valence-electron chi connectivity index (χ1n) is 6.90. The van der Waals surface area contributed by atoms with E-state index in [0.717, 1.165) is 11.5 Å². The van der Waals surface area contributed by atoms with Crippen LogP contribution in [0, 0.1) is 12.3 Å². The fourth-order valence-electron chi connectivity index (χ4n) is 2.09. The molecule has 1 aromatic heterocycles. The molecular formula is C14H28N4O. The Morgan fingerprint density at radius 1 is 1.37 bits per heavy atom. The smallest absolute Gasteiger partial charge is 0.148 e. The van der Waals surface area contributed by atoms with Crippen molar-refractivity contribution in [3.63, 3.8) is 0 Å². The Hall–Kier alpha value is -1.23. The molecule has 5 heteroatoms. The highest BCUT2D eigenvalue weighted by Crippen LogP contribution is 2.31. The van der Waals surface area contributed by atoms with Crippen LogP contribution in [0.4, 0.5) is 11.5 Å². The summed E-state index contributed by atoms with van der Waals surface area (Å²) in [5.41, 5.74) is 7.69. The summed E-state index contributed by atoms with van der Waals surface area (Å²) in [6.45, 7) is 12.7. The fraction of sp³-hybridized carbons (Fsp3) is 0.786. The van der Waals surface area contributed by atoms with E-state index in [1.807, 2.05) is 11.6 Å². The molecule has 0 fully saturated rings. The first-order valence-corrected chi connectivity index (χ1v) is 6.90. The molecule has 0 saturated heterocycles. The van der Waals surface area contributed by atoms with E-state index in [9.17, 15) is 5.11 Å². The van der Waals surface area contributed by atoms with Crippen LogP contribution in [0.3, 0.4) is 0 Å². The zero-order chi connectivity index (χ0) is 14.8. The van der Waals surface area contributed by atoms with Gasteiger partial charge < -0.3 is 16.2 Å². The van der Waals surface area contributed by atoms with Gasteiger partial charge >= 0.3 is 0 Å². The van der Waals surface area contributed by atoms with Gasteiger partial charge in [0.2, 0.25) is 0 Å². The zero-order valence-corrected chi connectivity index (χ0v) is 13.0. The van der Waals surface area contributed by atoms with Crippen molar-refractivity contribution < 1.29 is 5.11 Å². The predicted molar refractivity (Wildman–Crippen MR) is 80.3 cm³/mol. The highest BCUT2D eigenvalue weighted by atomic mass is 16.3. The van der Waals surface area contributed by atoms with Crippen LogP contribution in [0.2, 0.25) is 0 Å².